The molecule has 26 heavy (non-hydrogen) atoms. The van der Waals surface area contributed by atoms with Crippen molar-refractivity contribution in [1.29, 1.82) is 0 Å². The lowest BCUT2D eigenvalue weighted by Crippen LogP contribution is -2.44. The van der Waals surface area contributed by atoms with Crippen molar-refractivity contribution in [2.45, 2.75) is 6.04 Å². The highest BCUT2D eigenvalue weighted by Gasteiger charge is 2.41. The van der Waals surface area contributed by atoms with E-state index in [0.29, 0.717) is 30.1 Å². The number of hydrogen-bond donors (Lipinski definition) is 2. The molecule has 2 aromatic rings. The molecule has 2 aliphatic rings. The van der Waals surface area contributed by atoms with Crippen molar-refractivity contribution in [3.8, 4) is 5.75 Å². The molecule has 2 aliphatic heterocycles. The fourth-order valence-electron chi connectivity index (χ4n) is 3.70. The lowest BCUT2D eigenvalue weighted by molar-refractivity contribution is -0.125. The van der Waals surface area contributed by atoms with Crippen LogP contribution in [0.1, 0.15) is 11.6 Å². The average Bonchev–Trinajstić information content (AvgIpc) is 2.96. The molecule has 0 aromatic heterocycles. The number of nitrogens with one attached hydrogen (secondary N) is 2. The maximum Gasteiger partial charge on any atom is 0.319 e. The third kappa shape index (κ3) is 2.42. The summed E-state index contributed by atoms with van der Waals surface area (Å²) in [7, 11) is 1.59. The van der Waals surface area contributed by atoms with Crippen molar-refractivity contribution in [2.75, 3.05) is 20.2 Å². The van der Waals surface area contributed by atoms with Crippen LogP contribution in [-0.4, -0.2) is 37.0 Å². The molecule has 2 heterocycles. The van der Waals surface area contributed by atoms with Crippen molar-refractivity contribution in [3.05, 3.63) is 65.9 Å². The molecule has 1 unspecified atom stereocenters. The Morgan fingerprint density at radius 1 is 1.27 bits per heavy atom. The molecule has 0 radical (unpaired) electrons. The molecule has 132 valence electrons. The predicted octanol–water partition coefficient (Wildman–Crippen LogP) is 2.48. The molecule has 6 heteroatoms. The van der Waals surface area contributed by atoms with E-state index < -0.39 is 6.04 Å². The Hall–Kier alpha value is -3.28. The van der Waals surface area contributed by atoms with Crippen molar-refractivity contribution < 1.29 is 14.3 Å². The zero-order valence-corrected chi connectivity index (χ0v) is 14.4. The van der Waals surface area contributed by atoms with Crippen LogP contribution in [0.2, 0.25) is 0 Å². The van der Waals surface area contributed by atoms with E-state index in [2.05, 4.69) is 17.2 Å². The van der Waals surface area contributed by atoms with Crippen molar-refractivity contribution in [2.24, 2.45) is 0 Å². The van der Waals surface area contributed by atoms with Crippen molar-refractivity contribution in [3.63, 3.8) is 0 Å². The second-order valence-corrected chi connectivity index (χ2v) is 6.30. The smallest absolute Gasteiger partial charge is 0.319 e. The summed E-state index contributed by atoms with van der Waals surface area (Å²) in [6, 6.07) is 10.8. The highest BCUT2D eigenvalue weighted by molar-refractivity contribution is 6.03. The van der Waals surface area contributed by atoms with Crippen LogP contribution in [0, 0.1) is 0 Å². The number of ether oxygens (including phenoxy) is 1. The van der Waals surface area contributed by atoms with Gasteiger partial charge in [0.05, 0.1) is 31.0 Å². The van der Waals surface area contributed by atoms with Gasteiger partial charge in [0.25, 0.3) is 5.91 Å². The molecule has 2 N–H and O–H groups in total. The number of fused-ring (bicyclic) bond motifs is 1. The number of carbonyl (C=O) groups excluding carboxylic acids is 2. The molecule has 0 bridgehead atoms. The van der Waals surface area contributed by atoms with Gasteiger partial charge in [0, 0.05) is 12.1 Å². The summed E-state index contributed by atoms with van der Waals surface area (Å²) in [5.41, 5.74) is 1.99. The minimum Gasteiger partial charge on any atom is -0.496 e. The van der Waals surface area contributed by atoms with Gasteiger partial charge in [-0.3, -0.25) is 4.79 Å². The molecule has 2 aromatic carbocycles. The highest BCUT2D eigenvalue weighted by Crippen LogP contribution is 2.40. The Bertz CT molecular complexity index is 964. The van der Waals surface area contributed by atoms with Crippen LogP contribution in [0.3, 0.4) is 0 Å². The van der Waals surface area contributed by atoms with E-state index >= 15 is 0 Å². The SMILES string of the molecule is C=CCN1CC2=C(C1=O)C(c1c(OC)ccc3ccccc13)NC(=O)N2. The quantitative estimate of drug-likeness (QED) is 0.833. The Kier molecular flexibility index (Phi) is 3.88. The topological polar surface area (TPSA) is 70.7 Å². The third-order valence-corrected chi connectivity index (χ3v) is 4.81. The van der Waals surface area contributed by atoms with Gasteiger partial charge in [-0.15, -0.1) is 6.58 Å². The van der Waals surface area contributed by atoms with Crippen LogP contribution in [0.25, 0.3) is 10.8 Å². The Morgan fingerprint density at radius 3 is 2.85 bits per heavy atom. The first kappa shape index (κ1) is 16.2. The van der Waals surface area contributed by atoms with E-state index in [9.17, 15) is 9.59 Å². The van der Waals surface area contributed by atoms with Crippen molar-refractivity contribution >= 4 is 22.7 Å². The summed E-state index contributed by atoms with van der Waals surface area (Å²) in [4.78, 5) is 26.9. The molecular formula is C20H19N3O3. The molecule has 0 saturated carbocycles. The maximum absolute atomic E-state index is 12.9. The standard InChI is InChI=1S/C20H19N3O3/c1-3-10-23-11-14-17(19(23)24)18(22-20(25)21-14)16-13-7-5-4-6-12(13)8-9-15(16)26-2/h3-9,18H,1,10-11H2,2H3,(H2,21,22,25). The number of rotatable bonds is 4. The summed E-state index contributed by atoms with van der Waals surface area (Å²) in [6.07, 6.45) is 1.68. The summed E-state index contributed by atoms with van der Waals surface area (Å²) in [5.74, 6) is 0.533. The zero-order chi connectivity index (χ0) is 18.3. The second kappa shape index (κ2) is 6.22. The average molecular weight is 349 g/mol. The lowest BCUT2D eigenvalue weighted by atomic mass is 9.91. The number of amides is 3. The van der Waals surface area contributed by atoms with E-state index in [4.69, 9.17) is 4.74 Å². The van der Waals surface area contributed by atoms with Crippen LogP contribution in [0.15, 0.2) is 60.3 Å². The monoisotopic (exact) mass is 349 g/mol. The minimum atomic E-state index is -0.567. The third-order valence-electron chi connectivity index (χ3n) is 4.81. The molecule has 6 nitrogen and oxygen atoms in total. The molecular weight excluding hydrogens is 330 g/mol. The number of carbonyl (C=O) groups is 2. The van der Waals surface area contributed by atoms with Gasteiger partial charge in [-0.1, -0.05) is 36.4 Å². The summed E-state index contributed by atoms with van der Waals surface area (Å²) in [5, 5.41) is 7.64. The normalized spacial score (nSPS) is 19.3. The van der Waals surface area contributed by atoms with Gasteiger partial charge in [0.15, 0.2) is 0 Å². The van der Waals surface area contributed by atoms with Gasteiger partial charge in [0.2, 0.25) is 0 Å². The fourth-order valence-corrected chi connectivity index (χ4v) is 3.70. The summed E-state index contributed by atoms with van der Waals surface area (Å²) in [6.45, 7) is 4.50. The fraction of sp³-hybridized carbons (Fsp3) is 0.200. The van der Waals surface area contributed by atoms with Crippen LogP contribution < -0.4 is 15.4 Å². The van der Waals surface area contributed by atoms with E-state index in [1.807, 2.05) is 36.4 Å². The van der Waals surface area contributed by atoms with Crippen LogP contribution in [-0.2, 0) is 4.79 Å². The first-order chi connectivity index (χ1) is 12.6. The number of hydrogen-bond acceptors (Lipinski definition) is 3. The molecule has 3 amide bonds. The Morgan fingerprint density at radius 2 is 2.08 bits per heavy atom. The van der Waals surface area contributed by atoms with Gasteiger partial charge in [-0.25, -0.2) is 4.79 Å². The van der Waals surface area contributed by atoms with Crippen LogP contribution in [0.5, 0.6) is 5.75 Å². The first-order valence-electron chi connectivity index (χ1n) is 8.40. The number of methoxy groups -OCH3 is 1. The molecule has 1 atom stereocenters. The van der Waals surface area contributed by atoms with E-state index in [-0.39, 0.29) is 11.9 Å². The molecule has 0 aliphatic carbocycles. The summed E-state index contributed by atoms with van der Waals surface area (Å²) < 4.78 is 5.56. The summed E-state index contributed by atoms with van der Waals surface area (Å²) >= 11 is 0. The molecule has 4 rings (SSSR count). The van der Waals surface area contributed by atoms with Gasteiger partial charge < -0.3 is 20.3 Å². The van der Waals surface area contributed by atoms with Crippen LogP contribution in [0.4, 0.5) is 4.79 Å². The molecule has 0 spiro atoms. The largest absolute Gasteiger partial charge is 0.496 e. The van der Waals surface area contributed by atoms with E-state index in [1.54, 1.807) is 18.1 Å². The van der Waals surface area contributed by atoms with Gasteiger partial charge in [0.1, 0.15) is 5.75 Å². The number of nitrogens with zero attached hydrogens (tertiary/aromatic N) is 1. The predicted molar refractivity (Wildman–Crippen MR) is 98.7 cm³/mol. The second-order valence-electron chi connectivity index (χ2n) is 6.30. The zero-order valence-electron chi connectivity index (χ0n) is 14.4. The van der Waals surface area contributed by atoms with Crippen molar-refractivity contribution in [1.82, 2.24) is 15.5 Å². The maximum atomic E-state index is 12.9. The minimum absolute atomic E-state index is 0.104. The number of benzene rings is 2. The Labute approximate surface area is 151 Å². The highest BCUT2D eigenvalue weighted by atomic mass is 16.5. The Balaban J connectivity index is 1.91. The molecule has 0 fully saturated rings. The van der Waals surface area contributed by atoms with Gasteiger partial charge >= 0.3 is 6.03 Å². The van der Waals surface area contributed by atoms with E-state index in [1.165, 1.54) is 0 Å². The first-order valence-corrected chi connectivity index (χ1v) is 8.40. The van der Waals surface area contributed by atoms with E-state index in [0.717, 1.165) is 16.3 Å². The van der Waals surface area contributed by atoms with Gasteiger partial charge in [-0.05, 0) is 16.8 Å². The lowest BCUT2D eigenvalue weighted by Gasteiger charge is -2.28. The number of urea groups is 1. The van der Waals surface area contributed by atoms with Gasteiger partial charge in [-0.2, -0.15) is 0 Å². The molecule has 0 saturated heterocycles. The van der Waals surface area contributed by atoms with Crippen LogP contribution >= 0.6 is 0 Å².